The van der Waals surface area contributed by atoms with E-state index in [2.05, 4.69) is 39.3 Å². The van der Waals surface area contributed by atoms with E-state index in [1.807, 2.05) is 25.5 Å². The van der Waals surface area contributed by atoms with Crippen molar-refractivity contribution in [2.24, 2.45) is 7.05 Å². The maximum atomic E-state index is 12.4. The van der Waals surface area contributed by atoms with E-state index in [1.54, 1.807) is 17.1 Å². The summed E-state index contributed by atoms with van der Waals surface area (Å²) >= 11 is 0. The lowest BCUT2D eigenvalue weighted by atomic mass is 9.58. The van der Waals surface area contributed by atoms with Crippen LogP contribution in [0.5, 0.6) is 0 Å². The summed E-state index contributed by atoms with van der Waals surface area (Å²) in [6.07, 6.45) is 13.2. The molecule has 7 nitrogen and oxygen atoms in total. The second kappa shape index (κ2) is 7.75. The average molecular weight is 428 g/mol. The third-order valence-corrected chi connectivity index (χ3v) is 6.70. The zero-order valence-electron chi connectivity index (χ0n) is 18.2. The zero-order chi connectivity index (χ0) is 22.3. The van der Waals surface area contributed by atoms with Crippen molar-refractivity contribution in [2.45, 2.75) is 31.1 Å². The van der Waals surface area contributed by atoms with Gasteiger partial charge in [-0.3, -0.25) is 4.68 Å². The van der Waals surface area contributed by atoms with Crippen LogP contribution in [-0.4, -0.2) is 32.8 Å². The Morgan fingerprint density at radius 3 is 2.34 bits per heavy atom. The van der Waals surface area contributed by atoms with Gasteiger partial charge in [0.05, 0.1) is 13.3 Å². The fourth-order valence-electron chi connectivity index (χ4n) is 4.87. The molecule has 2 aliphatic carbocycles. The first-order valence-corrected chi connectivity index (χ1v) is 10.7. The fourth-order valence-corrected chi connectivity index (χ4v) is 4.87. The predicted octanol–water partition coefficient (Wildman–Crippen LogP) is 3.84. The molecule has 0 radical (unpaired) electrons. The first-order valence-electron chi connectivity index (χ1n) is 10.7. The smallest absolute Gasteiger partial charge is 0.334 e. The minimum atomic E-state index is -0.269. The van der Waals surface area contributed by atoms with E-state index < -0.39 is 0 Å². The molecular formula is C25H25N5O2. The number of carbonyl (C=O) groups is 1. The topological polar surface area (TPSA) is 95.9 Å². The summed E-state index contributed by atoms with van der Waals surface area (Å²) in [7, 11) is 3.34. The summed E-state index contributed by atoms with van der Waals surface area (Å²) in [6.45, 7) is 0. The summed E-state index contributed by atoms with van der Waals surface area (Å²) in [6, 6.07) is 8.60. The Morgan fingerprint density at radius 2 is 1.78 bits per heavy atom. The molecule has 162 valence electrons. The highest BCUT2D eigenvalue weighted by molar-refractivity contribution is 5.97. The van der Waals surface area contributed by atoms with E-state index in [0.717, 1.165) is 41.5 Å². The maximum Gasteiger partial charge on any atom is 0.334 e. The van der Waals surface area contributed by atoms with Crippen LogP contribution in [0.1, 0.15) is 36.8 Å². The monoisotopic (exact) mass is 427 g/mol. The van der Waals surface area contributed by atoms with Crippen molar-refractivity contribution in [3.05, 3.63) is 77.4 Å². The van der Waals surface area contributed by atoms with Crippen molar-refractivity contribution in [3.63, 3.8) is 0 Å². The van der Waals surface area contributed by atoms with Crippen LogP contribution in [0.2, 0.25) is 0 Å². The van der Waals surface area contributed by atoms with Gasteiger partial charge >= 0.3 is 5.97 Å². The lowest BCUT2D eigenvalue weighted by molar-refractivity contribution is -0.136. The van der Waals surface area contributed by atoms with Gasteiger partial charge in [0.25, 0.3) is 0 Å². The standard InChI is InChI=1S/C25H25N5O2/c1-30-15-19(14-29-30)21-10-17(23(31)32-2)11-22(21)25(8-3-9-25)20-6-4-16(5-7-20)18-12-27-24(26)28-13-18/h4-7,10,12-15H,3,8-9,11H2,1-2H3,(H2,26,27,28). The Kier molecular flexibility index (Phi) is 4.89. The molecule has 1 fully saturated rings. The molecule has 2 aliphatic rings. The average Bonchev–Trinajstić information content (AvgIpc) is 3.40. The SMILES string of the molecule is COC(=O)C1=CC(c2cnn(C)c2)=C(C2(c3ccc(-c4cnc(N)nc4)cc3)CCC2)C1. The number of aryl methyl sites for hydroxylation is 1. The molecule has 0 spiro atoms. The molecular weight excluding hydrogens is 402 g/mol. The van der Waals surface area contributed by atoms with Gasteiger partial charge in [-0.2, -0.15) is 5.10 Å². The molecule has 3 aromatic rings. The van der Waals surface area contributed by atoms with Crippen LogP contribution < -0.4 is 5.73 Å². The lowest BCUT2D eigenvalue weighted by Crippen LogP contribution is -2.36. The van der Waals surface area contributed by atoms with Crippen LogP contribution >= 0.6 is 0 Å². The number of hydrogen-bond acceptors (Lipinski definition) is 6. The van der Waals surface area contributed by atoms with E-state index in [1.165, 1.54) is 18.2 Å². The highest BCUT2D eigenvalue weighted by Gasteiger charge is 2.45. The first kappa shape index (κ1) is 20.2. The highest BCUT2D eigenvalue weighted by atomic mass is 16.5. The van der Waals surface area contributed by atoms with Gasteiger partial charge < -0.3 is 10.5 Å². The van der Waals surface area contributed by atoms with Crippen molar-refractivity contribution in [2.75, 3.05) is 12.8 Å². The minimum absolute atomic E-state index is 0.0897. The molecule has 0 aliphatic heterocycles. The van der Waals surface area contributed by atoms with Crippen LogP contribution in [-0.2, 0) is 22.0 Å². The lowest BCUT2D eigenvalue weighted by Gasteiger charge is -2.45. The number of benzene rings is 1. The number of hydrogen-bond donors (Lipinski definition) is 1. The van der Waals surface area contributed by atoms with Crippen LogP contribution in [0, 0.1) is 0 Å². The third-order valence-electron chi connectivity index (χ3n) is 6.70. The summed E-state index contributed by atoms with van der Waals surface area (Å²) in [4.78, 5) is 20.6. The van der Waals surface area contributed by atoms with Gasteiger partial charge in [0, 0.05) is 54.2 Å². The molecule has 5 rings (SSSR count). The summed E-state index contributed by atoms with van der Waals surface area (Å²) in [5.74, 6) is -0.00151. The quantitative estimate of drug-likeness (QED) is 0.622. The predicted molar refractivity (Wildman–Crippen MR) is 122 cm³/mol. The normalized spacial score (nSPS) is 17.1. The number of allylic oxidation sites excluding steroid dienone is 3. The van der Waals surface area contributed by atoms with Crippen molar-refractivity contribution in [1.29, 1.82) is 0 Å². The number of ether oxygens (including phenoxy) is 1. The molecule has 0 atom stereocenters. The summed E-state index contributed by atoms with van der Waals surface area (Å²) in [5, 5.41) is 4.35. The Labute approximate surface area is 186 Å². The molecule has 0 saturated heterocycles. The van der Waals surface area contributed by atoms with Gasteiger partial charge in [0.1, 0.15) is 0 Å². The van der Waals surface area contributed by atoms with Crippen LogP contribution in [0.3, 0.4) is 0 Å². The number of nitrogens with zero attached hydrogens (tertiary/aromatic N) is 4. The number of rotatable bonds is 5. The minimum Gasteiger partial charge on any atom is -0.466 e. The van der Waals surface area contributed by atoms with Gasteiger partial charge in [-0.05, 0) is 41.2 Å². The number of carbonyl (C=O) groups excluding carboxylic acids is 1. The Morgan fingerprint density at radius 1 is 1.06 bits per heavy atom. The molecule has 32 heavy (non-hydrogen) atoms. The zero-order valence-corrected chi connectivity index (χ0v) is 18.2. The first-order chi connectivity index (χ1) is 15.5. The molecule has 2 heterocycles. The van der Waals surface area contributed by atoms with Gasteiger partial charge in [-0.25, -0.2) is 14.8 Å². The van der Waals surface area contributed by atoms with Gasteiger partial charge in [0.2, 0.25) is 5.95 Å². The number of aromatic nitrogens is 4. The van der Waals surface area contributed by atoms with Crippen LogP contribution in [0.4, 0.5) is 5.95 Å². The molecule has 1 saturated carbocycles. The second-order valence-corrected chi connectivity index (χ2v) is 8.48. The molecule has 0 amide bonds. The maximum absolute atomic E-state index is 12.4. The van der Waals surface area contributed by atoms with Gasteiger partial charge in [-0.15, -0.1) is 0 Å². The molecule has 0 unspecified atom stereocenters. The molecule has 7 heteroatoms. The fraction of sp³-hybridized carbons (Fsp3) is 0.280. The molecule has 0 bridgehead atoms. The van der Waals surface area contributed by atoms with Crippen LogP contribution in [0.15, 0.2) is 66.3 Å². The van der Waals surface area contributed by atoms with Crippen molar-refractivity contribution in [1.82, 2.24) is 19.7 Å². The third kappa shape index (κ3) is 3.30. The number of nitrogen functional groups attached to an aromatic ring is 1. The van der Waals surface area contributed by atoms with E-state index in [0.29, 0.717) is 12.0 Å². The van der Waals surface area contributed by atoms with Gasteiger partial charge in [-0.1, -0.05) is 30.7 Å². The number of nitrogens with two attached hydrogens (primary N) is 1. The highest BCUT2D eigenvalue weighted by Crippen LogP contribution is 2.55. The van der Waals surface area contributed by atoms with E-state index in [9.17, 15) is 4.79 Å². The Hall–Kier alpha value is -3.74. The Balaban J connectivity index is 1.55. The number of esters is 1. The van der Waals surface area contributed by atoms with Crippen LogP contribution in [0.25, 0.3) is 16.7 Å². The van der Waals surface area contributed by atoms with Crippen molar-refractivity contribution < 1.29 is 9.53 Å². The number of methoxy groups -OCH3 is 1. The van der Waals surface area contributed by atoms with E-state index in [-0.39, 0.29) is 17.3 Å². The van der Waals surface area contributed by atoms with Crippen molar-refractivity contribution in [3.8, 4) is 11.1 Å². The molecule has 2 aromatic heterocycles. The Bertz CT molecular complexity index is 1230. The summed E-state index contributed by atoms with van der Waals surface area (Å²) < 4.78 is 6.83. The molecule has 2 N–H and O–H groups in total. The second-order valence-electron chi connectivity index (χ2n) is 8.48. The van der Waals surface area contributed by atoms with E-state index >= 15 is 0 Å². The van der Waals surface area contributed by atoms with Crippen molar-refractivity contribution >= 4 is 17.5 Å². The number of anilines is 1. The van der Waals surface area contributed by atoms with E-state index in [4.69, 9.17) is 10.5 Å². The summed E-state index contributed by atoms with van der Waals surface area (Å²) in [5.41, 5.74) is 12.9. The largest absolute Gasteiger partial charge is 0.466 e. The van der Waals surface area contributed by atoms with Gasteiger partial charge in [0.15, 0.2) is 0 Å². The molecule has 1 aromatic carbocycles.